The van der Waals surface area contributed by atoms with Gasteiger partial charge in [0, 0.05) is 39.6 Å². The van der Waals surface area contributed by atoms with E-state index in [0.717, 1.165) is 59.8 Å². The van der Waals surface area contributed by atoms with Gasteiger partial charge in [0.1, 0.15) is 0 Å². The molecule has 33 heavy (non-hydrogen) atoms. The first-order valence-electron chi connectivity index (χ1n) is 10.8. The van der Waals surface area contributed by atoms with Crippen LogP contribution in [0.4, 0.5) is 14.5 Å². The van der Waals surface area contributed by atoms with Crippen LogP contribution in [0.1, 0.15) is 40.7 Å². The maximum absolute atomic E-state index is 14.0. The number of nitrogens with zero attached hydrogens (tertiary/aromatic N) is 3. The Labute approximate surface area is 194 Å². The molecule has 2 N–H and O–H groups in total. The third kappa shape index (κ3) is 4.29. The predicted octanol–water partition coefficient (Wildman–Crippen LogP) is 5.32. The number of rotatable bonds is 3. The summed E-state index contributed by atoms with van der Waals surface area (Å²) in [7, 11) is 0. The molecule has 0 aliphatic carbocycles. The van der Waals surface area contributed by atoms with E-state index in [1.165, 1.54) is 22.9 Å². The first-order valence-corrected chi connectivity index (χ1v) is 11.6. The van der Waals surface area contributed by atoms with E-state index in [2.05, 4.69) is 0 Å². The number of carbonyl (C=O) groups is 1. The molecule has 5 rings (SSSR count). The number of fused-ring (bicyclic) bond motifs is 2. The zero-order chi connectivity index (χ0) is 22.9. The number of hydrogen-bond donors (Lipinski definition) is 1. The Hall–Kier alpha value is -3.07. The molecule has 0 unspecified atom stereocenters. The van der Waals surface area contributed by atoms with Gasteiger partial charge in [-0.3, -0.25) is 4.79 Å². The third-order valence-corrected chi connectivity index (χ3v) is 6.98. The molecule has 168 valence electrons. The van der Waals surface area contributed by atoms with Gasteiger partial charge in [-0.2, -0.15) is 0 Å². The highest BCUT2D eigenvalue weighted by molar-refractivity contribution is 7.99. The number of benzene rings is 3. The summed E-state index contributed by atoms with van der Waals surface area (Å²) in [6.07, 6.45) is 3.14. The van der Waals surface area contributed by atoms with Gasteiger partial charge in [0.2, 0.25) is 0 Å². The van der Waals surface area contributed by atoms with Gasteiger partial charge < -0.3 is 0 Å². The molecular formula is C25H22F2N4OS. The summed E-state index contributed by atoms with van der Waals surface area (Å²) >= 11 is 1.52. The Morgan fingerprint density at radius 3 is 2.52 bits per heavy atom. The average molecular weight is 465 g/mol. The highest BCUT2D eigenvalue weighted by Gasteiger charge is 2.24. The Balaban J connectivity index is 1.57. The lowest BCUT2D eigenvalue weighted by Gasteiger charge is -2.33. The number of carbonyl (C=O) groups excluding carboxylic acids is 1. The van der Waals surface area contributed by atoms with Crippen LogP contribution in [0, 0.1) is 11.6 Å². The van der Waals surface area contributed by atoms with Gasteiger partial charge in [-0.25, -0.2) is 29.7 Å². The predicted molar refractivity (Wildman–Crippen MR) is 124 cm³/mol. The monoisotopic (exact) mass is 464 g/mol. The number of amides is 1. The molecule has 1 amide bonds. The highest BCUT2D eigenvalue weighted by Crippen LogP contribution is 2.41. The van der Waals surface area contributed by atoms with E-state index in [9.17, 15) is 13.6 Å². The second kappa shape index (κ2) is 9.05. The van der Waals surface area contributed by atoms with Crippen LogP contribution in [-0.4, -0.2) is 34.8 Å². The lowest BCUT2D eigenvalue weighted by atomic mass is 10.0. The molecule has 1 fully saturated rings. The molecule has 5 nitrogen and oxygen atoms in total. The van der Waals surface area contributed by atoms with Crippen molar-refractivity contribution in [2.45, 2.75) is 29.1 Å². The largest absolute Gasteiger partial charge is 0.282 e. The number of hydrazine groups is 2. The smallest absolute Gasteiger partial charge is 0.266 e. The van der Waals surface area contributed by atoms with Crippen molar-refractivity contribution in [1.82, 2.24) is 10.1 Å². The molecule has 1 saturated heterocycles. The van der Waals surface area contributed by atoms with Crippen LogP contribution >= 0.6 is 11.8 Å². The molecule has 2 aliphatic heterocycles. The average Bonchev–Trinajstić information content (AvgIpc) is 3.01. The maximum Gasteiger partial charge on any atom is 0.282 e. The molecule has 0 bridgehead atoms. The van der Waals surface area contributed by atoms with Crippen molar-refractivity contribution in [1.29, 1.82) is 0 Å². The molecule has 3 aromatic carbocycles. The molecule has 0 saturated carbocycles. The van der Waals surface area contributed by atoms with Gasteiger partial charge in [-0.05, 0) is 55.3 Å². The van der Waals surface area contributed by atoms with Crippen molar-refractivity contribution < 1.29 is 13.6 Å². The zero-order valence-corrected chi connectivity index (χ0v) is 18.6. The Morgan fingerprint density at radius 1 is 0.939 bits per heavy atom. The van der Waals surface area contributed by atoms with Crippen LogP contribution in [0.2, 0.25) is 0 Å². The molecule has 0 aromatic heterocycles. The molecular weight excluding hydrogens is 442 g/mol. The Kier molecular flexibility index (Phi) is 5.97. The summed E-state index contributed by atoms with van der Waals surface area (Å²) < 4.78 is 27.6. The van der Waals surface area contributed by atoms with Gasteiger partial charge in [0.05, 0.1) is 11.4 Å². The summed E-state index contributed by atoms with van der Waals surface area (Å²) in [6.45, 7) is 1.49. The normalized spacial score (nSPS) is 15.8. The summed E-state index contributed by atoms with van der Waals surface area (Å²) in [5.41, 5.74) is 2.78. The van der Waals surface area contributed by atoms with E-state index < -0.39 is 11.6 Å². The zero-order valence-electron chi connectivity index (χ0n) is 17.8. The second-order valence-corrected chi connectivity index (χ2v) is 9.12. The van der Waals surface area contributed by atoms with E-state index >= 15 is 0 Å². The lowest BCUT2D eigenvalue weighted by Crippen LogP contribution is -2.52. The van der Waals surface area contributed by atoms with Gasteiger partial charge in [-0.1, -0.05) is 36.4 Å². The lowest BCUT2D eigenvalue weighted by molar-refractivity contribution is -0.0223. The third-order valence-electron chi connectivity index (χ3n) is 5.84. The first-order chi connectivity index (χ1) is 16.0. The fraction of sp³-hybridized carbons (Fsp3) is 0.200. The van der Waals surface area contributed by atoms with E-state index in [4.69, 9.17) is 10.8 Å². The molecule has 0 radical (unpaired) electrons. The Morgan fingerprint density at radius 2 is 1.73 bits per heavy atom. The van der Waals surface area contributed by atoms with Crippen LogP contribution in [0.15, 0.2) is 75.4 Å². The van der Waals surface area contributed by atoms with Crippen LogP contribution in [-0.2, 0) is 0 Å². The van der Waals surface area contributed by atoms with Crippen molar-refractivity contribution in [2.75, 3.05) is 13.1 Å². The van der Waals surface area contributed by atoms with Crippen LogP contribution in [0.3, 0.4) is 0 Å². The van der Waals surface area contributed by atoms with Gasteiger partial charge in [0.15, 0.2) is 11.6 Å². The van der Waals surface area contributed by atoms with E-state index in [1.807, 2.05) is 35.3 Å². The molecule has 8 heteroatoms. The number of halogens is 2. The van der Waals surface area contributed by atoms with Crippen molar-refractivity contribution in [3.8, 4) is 0 Å². The Bertz CT molecular complexity index is 1260. The van der Waals surface area contributed by atoms with Crippen LogP contribution in [0.25, 0.3) is 0 Å². The van der Waals surface area contributed by atoms with Gasteiger partial charge >= 0.3 is 0 Å². The number of aliphatic imine (C=N–C) groups is 1. The molecule has 0 atom stereocenters. The molecule has 2 heterocycles. The maximum atomic E-state index is 14.0. The van der Waals surface area contributed by atoms with E-state index in [1.54, 1.807) is 12.1 Å². The van der Waals surface area contributed by atoms with Gasteiger partial charge in [0.25, 0.3) is 5.91 Å². The SMILES string of the molecule is NN(C(=O)c1ccc2c(c1)N=C(c1ccc(F)c(F)c1)c1ccccc1S2)N1CCCCC1. The second-order valence-electron chi connectivity index (χ2n) is 8.03. The number of piperidine rings is 1. The fourth-order valence-corrected chi connectivity index (χ4v) is 5.09. The van der Waals surface area contributed by atoms with Crippen molar-refractivity contribution in [3.05, 3.63) is 89.0 Å². The van der Waals surface area contributed by atoms with Crippen molar-refractivity contribution in [2.24, 2.45) is 10.8 Å². The first kappa shape index (κ1) is 21.8. The number of hydrogen-bond acceptors (Lipinski definition) is 5. The summed E-state index contributed by atoms with van der Waals surface area (Å²) in [6, 6.07) is 16.7. The molecule has 0 spiro atoms. The van der Waals surface area contributed by atoms with Crippen LogP contribution in [0.5, 0.6) is 0 Å². The molecule has 3 aromatic rings. The fourth-order valence-electron chi connectivity index (χ4n) is 4.09. The van der Waals surface area contributed by atoms with Gasteiger partial charge in [-0.15, -0.1) is 0 Å². The van der Waals surface area contributed by atoms with Crippen LogP contribution < -0.4 is 5.84 Å². The topological polar surface area (TPSA) is 61.9 Å². The minimum Gasteiger partial charge on any atom is -0.266 e. The summed E-state index contributed by atoms with van der Waals surface area (Å²) in [4.78, 5) is 19.7. The molecule has 2 aliphatic rings. The summed E-state index contributed by atoms with van der Waals surface area (Å²) in [5, 5.41) is 3.05. The van der Waals surface area contributed by atoms with Crippen molar-refractivity contribution >= 4 is 29.1 Å². The van der Waals surface area contributed by atoms with E-state index in [-0.39, 0.29) is 5.91 Å². The summed E-state index contributed by atoms with van der Waals surface area (Å²) in [5.74, 6) is 3.98. The van der Waals surface area contributed by atoms with E-state index in [0.29, 0.717) is 22.5 Å². The van der Waals surface area contributed by atoms with Crippen molar-refractivity contribution in [3.63, 3.8) is 0 Å². The standard InChI is InChI=1S/C25H22F2N4OS/c26-19-10-8-16(14-20(19)27)24-18-6-2-3-7-22(18)33-23-11-9-17(15-21(23)29-24)25(32)31(28)30-12-4-1-5-13-30/h2-3,6-11,14-15H,1,4-5,12-13,28H2. The highest BCUT2D eigenvalue weighted by atomic mass is 32.2. The minimum absolute atomic E-state index is 0.309. The number of nitrogens with two attached hydrogens (primary N) is 1. The quantitative estimate of drug-likeness (QED) is 0.253. The minimum atomic E-state index is -0.936.